The van der Waals surface area contributed by atoms with Crippen LogP contribution in [-0.4, -0.2) is 37.8 Å². The second-order valence-corrected chi connectivity index (χ2v) is 7.17. The number of fused-ring (bicyclic) bond motifs is 2. The molecule has 1 aromatic heterocycles. The summed E-state index contributed by atoms with van der Waals surface area (Å²) in [7, 11) is 0. The molecule has 2 aliphatic rings. The second-order valence-electron chi connectivity index (χ2n) is 7.17. The van der Waals surface area contributed by atoms with E-state index >= 15 is 0 Å². The Balaban J connectivity index is 1.40. The SMILES string of the molecule is O=C(c1cc(CC2=NNCc3ccccc32)ccc1F)N1CCn2ncnc2C1. The van der Waals surface area contributed by atoms with Crippen LogP contribution in [0.25, 0.3) is 0 Å². The number of nitrogens with one attached hydrogen (secondary N) is 1. The maximum atomic E-state index is 14.5. The van der Waals surface area contributed by atoms with Gasteiger partial charge in [0.15, 0.2) is 0 Å². The van der Waals surface area contributed by atoms with Crippen molar-refractivity contribution in [1.82, 2.24) is 25.1 Å². The molecule has 0 radical (unpaired) electrons. The smallest absolute Gasteiger partial charge is 0.257 e. The number of carbonyl (C=O) groups is 1. The molecule has 1 amide bonds. The molecular formula is C21H19FN6O. The third-order valence-corrected chi connectivity index (χ3v) is 5.34. The highest BCUT2D eigenvalue weighted by atomic mass is 19.1. The van der Waals surface area contributed by atoms with Gasteiger partial charge in [0.25, 0.3) is 5.91 Å². The van der Waals surface area contributed by atoms with Crippen molar-refractivity contribution in [2.45, 2.75) is 26.1 Å². The minimum Gasteiger partial charge on any atom is -0.329 e. The molecule has 0 saturated carbocycles. The van der Waals surface area contributed by atoms with Crippen LogP contribution in [0.2, 0.25) is 0 Å². The molecule has 5 rings (SSSR count). The minimum atomic E-state index is -0.519. The molecule has 146 valence electrons. The number of hydrogen-bond donors (Lipinski definition) is 1. The number of hydrogen-bond acceptors (Lipinski definition) is 5. The molecular weight excluding hydrogens is 371 g/mol. The predicted molar refractivity (Wildman–Crippen MR) is 105 cm³/mol. The molecule has 0 aliphatic carbocycles. The van der Waals surface area contributed by atoms with Crippen molar-refractivity contribution in [1.29, 1.82) is 0 Å². The van der Waals surface area contributed by atoms with Gasteiger partial charge in [-0.1, -0.05) is 30.3 Å². The lowest BCUT2D eigenvalue weighted by molar-refractivity contribution is 0.0697. The molecule has 8 heteroatoms. The maximum Gasteiger partial charge on any atom is 0.257 e. The van der Waals surface area contributed by atoms with Crippen molar-refractivity contribution in [2.24, 2.45) is 5.10 Å². The van der Waals surface area contributed by atoms with Crippen molar-refractivity contribution in [3.05, 3.63) is 82.7 Å². The fraction of sp³-hybridized carbons (Fsp3) is 0.238. The van der Waals surface area contributed by atoms with Crippen molar-refractivity contribution in [3.8, 4) is 0 Å². The highest BCUT2D eigenvalue weighted by Crippen LogP contribution is 2.20. The summed E-state index contributed by atoms with van der Waals surface area (Å²) < 4.78 is 16.3. The van der Waals surface area contributed by atoms with Crippen LogP contribution < -0.4 is 5.43 Å². The van der Waals surface area contributed by atoms with Crippen LogP contribution in [-0.2, 0) is 26.1 Å². The average molecular weight is 390 g/mol. The number of nitrogens with zero attached hydrogens (tertiary/aromatic N) is 5. The van der Waals surface area contributed by atoms with Gasteiger partial charge in [-0.2, -0.15) is 10.2 Å². The number of halogens is 1. The van der Waals surface area contributed by atoms with Crippen molar-refractivity contribution >= 4 is 11.6 Å². The Kier molecular flexibility index (Phi) is 4.31. The summed E-state index contributed by atoms with van der Waals surface area (Å²) in [6.07, 6.45) is 1.99. The van der Waals surface area contributed by atoms with Gasteiger partial charge in [-0.25, -0.2) is 14.1 Å². The van der Waals surface area contributed by atoms with E-state index in [1.54, 1.807) is 21.7 Å². The second kappa shape index (κ2) is 7.12. The largest absolute Gasteiger partial charge is 0.329 e. The third kappa shape index (κ3) is 3.26. The van der Waals surface area contributed by atoms with Gasteiger partial charge >= 0.3 is 0 Å². The zero-order valence-electron chi connectivity index (χ0n) is 15.7. The molecule has 0 saturated heterocycles. The summed E-state index contributed by atoms with van der Waals surface area (Å²) in [6, 6.07) is 12.8. The monoisotopic (exact) mass is 390 g/mol. The molecule has 0 bridgehead atoms. The van der Waals surface area contributed by atoms with Crippen LogP contribution in [0, 0.1) is 5.82 Å². The Bertz CT molecular complexity index is 1120. The summed E-state index contributed by atoms with van der Waals surface area (Å²) in [5.41, 5.74) is 7.09. The summed E-state index contributed by atoms with van der Waals surface area (Å²) in [5.74, 6) is -0.141. The Hall–Kier alpha value is -3.55. The van der Waals surface area contributed by atoms with E-state index in [2.05, 4.69) is 26.7 Å². The van der Waals surface area contributed by atoms with Crippen molar-refractivity contribution < 1.29 is 9.18 Å². The van der Waals surface area contributed by atoms with E-state index < -0.39 is 5.82 Å². The number of hydrazone groups is 1. The Labute approximate surface area is 166 Å². The Morgan fingerprint density at radius 1 is 1.17 bits per heavy atom. The van der Waals surface area contributed by atoms with Crippen LogP contribution >= 0.6 is 0 Å². The van der Waals surface area contributed by atoms with Gasteiger partial charge in [-0.3, -0.25) is 4.79 Å². The van der Waals surface area contributed by atoms with E-state index in [1.165, 1.54) is 18.0 Å². The van der Waals surface area contributed by atoms with E-state index in [4.69, 9.17) is 0 Å². The molecule has 2 aromatic carbocycles. The van der Waals surface area contributed by atoms with Gasteiger partial charge in [0.1, 0.15) is 18.0 Å². The van der Waals surface area contributed by atoms with E-state index in [0.717, 1.165) is 16.8 Å². The van der Waals surface area contributed by atoms with Gasteiger partial charge in [-0.15, -0.1) is 0 Å². The topological polar surface area (TPSA) is 75.4 Å². The molecule has 0 unspecified atom stereocenters. The molecule has 29 heavy (non-hydrogen) atoms. The summed E-state index contributed by atoms with van der Waals surface area (Å²) >= 11 is 0. The molecule has 2 aliphatic heterocycles. The average Bonchev–Trinajstić information content (AvgIpc) is 3.23. The normalized spacial score (nSPS) is 15.2. The standard InChI is InChI=1S/C21H19FN6O/c22-18-6-5-14(10-19-16-4-2-1-3-15(16)11-24-26-19)9-17(18)21(29)27-7-8-28-20(12-27)23-13-25-28/h1-6,9,13,24H,7-8,10-12H2. The molecule has 3 heterocycles. The molecule has 0 fully saturated rings. The zero-order valence-corrected chi connectivity index (χ0v) is 15.7. The van der Waals surface area contributed by atoms with Crippen LogP contribution in [0.1, 0.15) is 32.9 Å². The Morgan fingerprint density at radius 3 is 3.00 bits per heavy atom. The lowest BCUT2D eigenvalue weighted by Crippen LogP contribution is -2.39. The number of benzene rings is 2. The summed E-state index contributed by atoms with van der Waals surface area (Å²) in [6.45, 7) is 2.05. The molecule has 1 N–H and O–H groups in total. The minimum absolute atomic E-state index is 0.0770. The van der Waals surface area contributed by atoms with E-state index in [0.29, 0.717) is 38.4 Å². The number of aromatic nitrogens is 3. The first-order valence-electron chi connectivity index (χ1n) is 9.51. The van der Waals surface area contributed by atoms with Crippen molar-refractivity contribution in [2.75, 3.05) is 6.54 Å². The first-order valence-corrected chi connectivity index (χ1v) is 9.51. The van der Waals surface area contributed by atoms with Crippen molar-refractivity contribution in [3.63, 3.8) is 0 Å². The van der Waals surface area contributed by atoms with Crippen LogP contribution in [0.4, 0.5) is 4.39 Å². The number of rotatable bonds is 3. The van der Waals surface area contributed by atoms with Gasteiger partial charge in [0.2, 0.25) is 0 Å². The van der Waals surface area contributed by atoms with E-state index in [1.807, 2.05) is 18.2 Å². The highest BCUT2D eigenvalue weighted by Gasteiger charge is 2.25. The fourth-order valence-electron chi connectivity index (χ4n) is 3.82. The summed E-state index contributed by atoms with van der Waals surface area (Å²) in [4.78, 5) is 18.8. The van der Waals surface area contributed by atoms with Gasteiger partial charge in [0.05, 0.1) is 30.9 Å². The van der Waals surface area contributed by atoms with E-state index in [9.17, 15) is 9.18 Å². The fourth-order valence-corrected chi connectivity index (χ4v) is 3.82. The molecule has 7 nitrogen and oxygen atoms in total. The van der Waals surface area contributed by atoms with Crippen LogP contribution in [0.5, 0.6) is 0 Å². The van der Waals surface area contributed by atoms with Gasteiger partial charge in [-0.05, 0) is 23.3 Å². The van der Waals surface area contributed by atoms with Crippen LogP contribution in [0.3, 0.4) is 0 Å². The number of carbonyl (C=O) groups excluding carboxylic acids is 1. The lowest BCUT2D eigenvalue weighted by atomic mass is 9.96. The number of amides is 1. The quantitative estimate of drug-likeness (QED) is 0.743. The molecule has 0 spiro atoms. The van der Waals surface area contributed by atoms with Gasteiger partial charge in [0, 0.05) is 18.5 Å². The van der Waals surface area contributed by atoms with E-state index in [-0.39, 0.29) is 11.5 Å². The first-order chi connectivity index (χ1) is 14.2. The lowest BCUT2D eigenvalue weighted by Gasteiger charge is -2.27. The maximum absolute atomic E-state index is 14.5. The molecule has 3 aromatic rings. The van der Waals surface area contributed by atoms with Crippen LogP contribution in [0.15, 0.2) is 53.9 Å². The van der Waals surface area contributed by atoms with Gasteiger partial charge < -0.3 is 10.3 Å². The predicted octanol–water partition coefficient (Wildman–Crippen LogP) is 2.12. The Morgan fingerprint density at radius 2 is 2.07 bits per heavy atom. The third-order valence-electron chi connectivity index (χ3n) is 5.34. The summed E-state index contributed by atoms with van der Waals surface area (Å²) in [5, 5.41) is 8.54. The highest BCUT2D eigenvalue weighted by molar-refractivity contribution is 6.03. The molecule has 0 atom stereocenters. The zero-order chi connectivity index (χ0) is 19.8. The first kappa shape index (κ1) is 17.5.